The van der Waals surface area contributed by atoms with Crippen LogP contribution in [0.25, 0.3) is 0 Å². The van der Waals surface area contributed by atoms with Gasteiger partial charge in [-0.25, -0.2) is 0 Å². The minimum absolute atomic E-state index is 0.547. The Morgan fingerprint density at radius 2 is 1.94 bits per heavy atom. The maximum Gasteiger partial charge on any atom is 0.0346 e. The van der Waals surface area contributed by atoms with Crippen LogP contribution >= 0.6 is 0 Å². The highest BCUT2D eigenvalue weighted by molar-refractivity contribution is 5.25. The Morgan fingerprint density at radius 1 is 1.24 bits per heavy atom. The van der Waals surface area contributed by atoms with Crippen LogP contribution in [-0.4, -0.2) is 7.05 Å². The van der Waals surface area contributed by atoms with E-state index >= 15 is 0 Å². The molecule has 0 radical (unpaired) electrons. The summed E-state index contributed by atoms with van der Waals surface area (Å²) in [4.78, 5) is 0. The lowest BCUT2D eigenvalue weighted by Gasteiger charge is -2.24. The second-order valence-corrected chi connectivity index (χ2v) is 5.54. The molecule has 1 aliphatic carbocycles. The van der Waals surface area contributed by atoms with E-state index < -0.39 is 0 Å². The lowest BCUT2D eigenvalue weighted by atomic mass is 9.90. The zero-order valence-corrected chi connectivity index (χ0v) is 11.4. The first-order valence-corrected chi connectivity index (χ1v) is 7.00. The van der Waals surface area contributed by atoms with Gasteiger partial charge >= 0.3 is 0 Å². The van der Waals surface area contributed by atoms with Gasteiger partial charge < -0.3 is 5.32 Å². The summed E-state index contributed by atoms with van der Waals surface area (Å²) in [5.41, 5.74) is 2.90. The molecule has 1 nitrogen and oxygen atoms in total. The van der Waals surface area contributed by atoms with E-state index in [1.807, 2.05) is 0 Å². The van der Waals surface area contributed by atoms with E-state index in [0.29, 0.717) is 6.04 Å². The Balaban J connectivity index is 2.11. The van der Waals surface area contributed by atoms with Crippen molar-refractivity contribution < 1.29 is 0 Å². The van der Waals surface area contributed by atoms with Crippen molar-refractivity contribution in [1.82, 2.24) is 5.32 Å². The highest BCUT2D eigenvalue weighted by Gasteiger charge is 2.28. The van der Waals surface area contributed by atoms with Crippen molar-refractivity contribution in [2.75, 3.05) is 7.05 Å². The molecule has 17 heavy (non-hydrogen) atoms. The van der Waals surface area contributed by atoms with E-state index in [-0.39, 0.29) is 0 Å². The van der Waals surface area contributed by atoms with Crippen LogP contribution in [-0.2, 0) is 6.42 Å². The van der Waals surface area contributed by atoms with E-state index in [2.05, 4.69) is 50.5 Å². The Bertz CT molecular complexity index is 341. The fraction of sp³-hybridized carbons (Fsp3) is 0.625. The van der Waals surface area contributed by atoms with Crippen LogP contribution in [0, 0.1) is 11.8 Å². The maximum absolute atomic E-state index is 3.52. The predicted molar refractivity (Wildman–Crippen MR) is 74.1 cm³/mol. The molecule has 1 N–H and O–H groups in total. The third-order valence-electron chi connectivity index (χ3n) is 4.26. The molecule has 0 heterocycles. The summed E-state index contributed by atoms with van der Waals surface area (Å²) in [6, 6.07) is 9.72. The van der Waals surface area contributed by atoms with Crippen molar-refractivity contribution in [3.05, 3.63) is 35.4 Å². The van der Waals surface area contributed by atoms with Crippen LogP contribution in [0.5, 0.6) is 0 Å². The molecule has 3 unspecified atom stereocenters. The monoisotopic (exact) mass is 231 g/mol. The first kappa shape index (κ1) is 12.6. The van der Waals surface area contributed by atoms with Gasteiger partial charge in [0.25, 0.3) is 0 Å². The van der Waals surface area contributed by atoms with E-state index in [0.717, 1.165) is 18.3 Å². The largest absolute Gasteiger partial charge is 0.313 e. The Hall–Kier alpha value is -0.820. The molecule has 1 heteroatoms. The first-order chi connectivity index (χ1) is 8.24. The number of hydrogen-bond acceptors (Lipinski definition) is 1. The molecule has 1 fully saturated rings. The highest BCUT2D eigenvalue weighted by atomic mass is 14.9. The Kier molecular flexibility index (Phi) is 4.22. The van der Waals surface area contributed by atoms with Crippen LogP contribution < -0.4 is 5.32 Å². The normalized spacial score (nSPS) is 26.1. The Labute approximate surface area is 106 Å². The zero-order chi connectivity index (χ0) is 12.3. The highest BCUT2D eigenvalue weighted by Crippen LogP contribution is 2.38. The molecular weight excluding hydrogens is 206 g/mol. The summed E-state index contributed by atoms with van der Waals surface area (Å²) < 4.78 is 0. The maximum atomic E-state index is 3.52. The molecule has 3 atom stereocenters. The second kappa shape index (κ2) is 5.68. The van der Waals surface area contributed by atoms with Crippen molar-refractivity contribution in [2.45, 2.75) is 45.6 Å². The van der Waals surface area contributed by atoms with E-state index in [9.17, 15) is 0 Å². The second-order valence-electron chi connectivity index (χ2n) is 5.54. The van der Waals surface area contributed by atoms with Crippen molar-refractivity contribution >= 4 is 0 Å². The molecular formula is C16H25N. The molecule has 1 aliphatic rings. The Morgan fingerprint density at radius 3 is 2.41 bits per heavy atom. The third kappa shape index (κ3) is 2.90. The molecule has 1 saturated carbocycles. The molecule has 2 rings (SSSR count). The van der Waals surface area contributed by atoms with Gasteiger partial charge in [-0.15, -0.1) is 0 Å². The summed E-state index contributed by atoms with van der Waals surface area (Å²) >= 11 is 0. The fourth-order valence-electron chi connectivity index (χ4n) is 3.19. The smallest absolute Gasteiger partial charge is 0.0346 e. The van der Waals surface area contributed by atoms with Crippen LogP contribution in [0.4, 0.5) is 0 Å². The number of hydrogen-bond donors (Lipinski definition) is 1. The number of aryl methyl sites for hydroxylation is 1. The lowest BCUT2D eigenvalue weighted by Crippen LogP contribution is -2.23. The number of benzene rings is 1. The van der Waals surface area contributed by atoms with E-state index in [4.69, 9.17) is 0 Å². The van der Waals surface area contributed by atoms with Gasteiger partial charge in [0.2, 0.25) is 0 Å². The average molecular weight is 231 g/mol. The summed E-state index contributed by atoms with van der Waals surface area (Å²) in [7, 11) is 2.10. The lowest BCUT2D eigenvalue weighted by molar-refractivity contribution is 0.379. The summed E-state index contributed by atoms with van der Waals surface area (Å²) in [6.45, 7) is 4.59. The van der Waals surface area contributed by atoms with Gasteiger partial charge in [0, 0.05) is 6.04 Å². The van der Waals surface area contributed by atoms with Crippen molar-refractivity contribution in [2.24, 2.45) is 11.8 Å². The molecule has 0 spiro atoms. The standard InChI is InChI=1S/C16H25N/c1-4-13-6-9-14(10-7-13)16(17-3)15-8-5-12(2)11-15/h6-7,9-10,12,15-17H,4-5,8,11H2,1-3H3. The van der Waals surface area contributed by atoms with Gasteiger partial charge in [0.1, 0.15) is 0 Å². The van der Waals surface area contributed by atoms with Gasteiger partial charge in [-0.2, -0.15) is 0 Å². The van der Waals surface area contributed by atoms with Crippen LogP contribution in [0.3, 0.4) is 0 Å². The molecule has 1 aromatic carbocycles. The topological polar surface area (TPSA) is 12.0 Å². The molecule has 0 amide bonds. The first-order valence-electron chi connectivity index (χ1n) is 7.00. The minimum Gasteiger partial charge on any atom is -0.313 e. The molecule has 0 saturated heterocycles. The summed E-state index contributed by atoms with van der Waals surface area (Å²) in [6.07, 6.45) is 5.28. The third-order valence-corrected chi connectivity index (χ3v) is 4.26. The zero-order valence-electron chi connectivity index (χ0n) is 11.4. The van der Waals surface area contributed by atoms with Gasteiger partial charge in [0.05, 0.1) is 0 Å². The van der Waals surface area contributed by atoms with Crippen LogP contribution in [0.1, 0.15) is 50.3 Å². The summed E-state index contributed by atoms with van der Waals surface area (Å²) in [5, 5.41) is 3.52. The molecule has 0 aliphatic heterocycles. The van der Waals surface area contributed by atoms with Gasteiger partial charge in [0.15, 0.2) is 0 Å². The molecule has 0 bridgehead atoms. The molecule has 1 aromatic rings. The van der Waals surface area contributed by atoms with E-state index in [1.165, 1.54) is 30.4 Å². The number of rotatable bonds is 4. The van der Waals surface area contributed by atoms with E-state index in [1.54, 1.807) is 0 Å². The van der Waals surface area contributed by atoms with Gasteiger partial charge in [-0.1, -0.05) is 44.5 Å². The van der Waals surface area contributed by atoms with Crippen LogP contribution in [0.2, 0.25) is 0 Å². The van der Waals surface area contributed by atoms with Crippen molar-refractivity contribution in [3.8, 4) is 0 Å². The fourth-order valence-corrected chi connectivity index (χ4v) is 3.19. The van der Waals surface area contributed by atoms with Crippen molar-refractivity contribution in [3.63, 3.8) is 0 Å². The minimum atomic E-state index is 0.547. The SMILES string of the molecule is CCc1ccc(C(NC)C2CCC(C)C2)cc1. The van der Waals surface area contributed by atoms with Crippen molar-refractivity contribution in [1.29, 1.82) is 0 Å². The summed E-state index contributed by atoms with van der Waals surface area (Å²) in [5.74, 6) is 1.73. The predicted octanol–water partition coefficient (Wildman–Crippen LogP) is 3.95. The van der Waals surface area contributed by atoms with Crippen LogP contribution in [0.15, 0.2) is 24.3 Å². The van der Waals surface area contributed by atoms with Gasteiger partial charge in [-0.05, 0) is 49.3 Å². The molecule has 94 valence electrons. The van der Waals surface area contributed by atoms with Gasteiger partial charge in [-0.3, -0.25) is 0 Å². The average Bonchev–Trinajstić information content (AvgIpc) is 2.78. The molecule has 0 aromatic heterocycles. The quantitative estimate of drug-likeness (QED) is 0.827. The number of nitrogens with one attached hydrogen (secondary N) is 1.